The van der Waals surface area contributed by atoms with E-state index in [1.165, 1.54) is 0 Å². The van der Waals surface area contributed by atoms with Gasteiger partial charge in [-0.25, -0.2) is 13.6 Å². The zero-order valence-electron chi connectivity index (χ0n) is 12.6. The summed E-state index contributed by atoms with van der Waals surface area (Å²) in [5.41, 5.74) is 0.947. The Labute approximate surface area is 121 Å². The van der Waals surface area contributed by atoms with E-state index in [1.807, 2.05) is 18.3 Å². The van der Waals surface area contributed by atoms with E-state index >= 15 is 0 Å². The van der Waals surface area contributed by atoms with Crippen molar-refractivity contribution in [3.8, 4) is 0 Å². The zero-order valence-corrected chi connectivity index (χ0v) is 14.5. The number of primary sulfonamides is 1. The molecule has 2 aromatic rings. The molecule has 0 aliphatic carbocycles. The Hall–Kier alpha value is -1.11. The van der Waals surface area contributed by atoms with Gasteiger partial charge in [0.05, 0.1) is 4.90 Å². The van der Waals surface area contributed by atoms with E-state index in [-0.39, 0.29) is 9.93 Å². The van der Waals surface area contributed by atoms with Crippen molar-refractivity contribution in [1.82, 2.24) is 4.23 Å². The molecule has 0 aliphatic rings. The fraction of sp³-hybridized carbons (Fsp3) is 0.429. The minimum absolute atomic E-state index is 0.163. The highest BCUT2D eigenvalue weighted by Crippen LogP contribution is 2.39. The van der Waals surface area contributed by atoms with Crippen LogP contribution in [0.2, 0.25) is 18.1 Å². The number of nitrogens with two attached hydrogens (primary N) is 1. The number of aromatic nitrogens is 1. The molecule has 0 bridgehead atoms. The van der Waals surface area contributed by atoms with Gasteiger partial charge in [-0.05, 0) is 29.4 Å². The van der Waals surface area contributed by atoms with Crippen molar-refractivity contribution in [1.29, 1.82) is 0 Å². The largest absolute Gasteiger partial charge is 0.374 e. The highest BCUT2D eigenvalue weighted by molar-refractivity contribution is 7.89. The van der Waals surface area contributed by atoms with Crippen LogP contribution >= 0.6 is 0 Å². The summed E-state index contributed by atoms with van der Waals surface area (Å²) in [6, 6.07) is 7.14. The van der Waals surface area contributed by atoms with E-state index in [0.717, 1.165) is 5.52 Å². The van der Waals surface area contributed by atoms with Crippen molar-refractivity contribution in [3.63, 3.8) is 0 Å². The van der Waals surface area contributed by atoms with Crippen LogP contribution in [0.15, 0.2) is 35.4 Å². The average Bonchev–Trinajstić information content (AvgIpc) is 2.69. The van der Waals surface area contributed by atoms with Crippen LogP contribution in [-0.4, -0.2) is 20.9 Å². The fourth-order valence-corrected chi connectivity index (χ4v) is 4.95. The standard InChI is InChI=1S/C14H22N2O2SSi/c1-14(2,3)20(4,5)16-10-9-11-12(16)7-6-8-13(11)19(15,17)18/h6-10H,1-5H3,(H2,15,17,18). The lowest BCUT2D eigenvalue weighted by Gasteiger charge is -2.38. The first-order valence-electron chi connectivity index (χ1n) is 6.59. The Morgan fingerprint density at radius 3 is 2.25 bits per heavy atom. The molecule has 20 heavy (non-hydrogen) atoms. The maximum atomic E-state index is 11.7. The van der Waals surface area contributed by atoms with E-state index in [1.54, 1.807) is 12.1 Å². The van der Waals surface area contributed by atoms with E-state index in [0.29, 0.717) is 5.39 Å². The van der Waals surface area contributed by atoms with Crippen LogP contribution in [0.3, 0.4) is 0 Å². The molecule has 0 radical (unpaired) electrons. The molecule has 0 amide bonds. The molecule has 0 saturated carbocycles. The minimum Gasteiger partial charge on any atom is -0.374 e. The first-order chi connectivity index (χ1) is 8.96. The Morgan fingerprint density at radius 1 is 1.15 bits per heavy atom. The number of benzene rings is 1. The van der Waals surface area contributed by atoms with Crippen molar-refractivity contribution in [2.75, 3.05) is 0 Å². The normalized spacial score (nSPS) is 13.9. The van der Waals surface area contributed by atoms with Gasteiger partial charge >= 0.3 is 0 Å². The van der Waals surface area contributed by atoms with E-state index in [2.05, 4.69) is 38.1 Å². The van der Waals surface area contributed by atoms with Crippen LogP contribution in [-0.2, 0) is 10.0 Å². The molecule has 2 rings (SSSR count). The summed E-state index contributed by atoms with van der Waals surface area (Å²) in [5.74, 6) is 0. The van der Waals surface area contributed by atoms with Gasteiger partial charge in [-0.15, -0.1) is 0 Å². The van der Waals surface area contributed by atoms with Crippen molar-refractivity contribution in [2.24, 2.45) is 5.14 Å². The quantitative estimate of drug-likeness (QED) is 0.866. The Morgan fingerprint density at radius 2 is 1.75 bits per heavy atom. The summed E-state index contributed by atoms with van der Waals surface area (Å²) in [4.78, 5) is 0.201. The summed E-state index contributed by atoms with van der Waals surface area (Å²) in [6.45, 7) is 11.3. The van der Waals surface area contributed by atoms with Crippen LogP contribution in [0.25, 0.3) is 10.9 Å². The van der Waals surface area contributed by atoms with Crippen LogP contribution in [0.5, 0.6) is 0 Å². The minimum atomic E-state index is -3.69. The van der Waals surface area contributed by atoms with Crippen molar-refractivity contribution in [3.05, 3.63) is 30.5 Å². The number of sulfonamides is 1. The van der Waals surface area contributed by atoms with Crippen LogP contribution < -0.4 is 5.14 Å². The van der Waals surface area contributed by atoms with Gasteiger partial charge in [0, 0.05) is 10.9 Å². The van der Waals surface area contributed by atoms with Crippen LogP contribution in [0.1, 0.15) is 20.8 Å². The molecule has 0 atom stereocenters. The molecule has 2 N–H and O–H groups in total. The second-order valence-corrected chi connectivity index (χ2v) is 13.4. The summed E-state index contributed by atoms with van der Waals surface area (Å²) < 4.78 is 25.6. The molecule has 1 aromatic heterocycles. The van der Waals surface area contributed by atoms with Gasteiger partial charge in [-0.1, -0.05) is 39.9 Å². The summed E-state index contributed by atoms with van der Waals surface area (Å²) in [7, 11) is -5.49. The lowest BCUT2D eigenvalue weighted by molar-refractivity contribution is 0.598. The highest BCUT2D eigenvalue weighted by Gasteiger charge is 2.38. The molecule has 0 spiro atoms. The van der Waals surface area contributed by atoms with Crippen LogP contribution in [0, 0.1) is 0 Å². The summed E-state index contributed by atoms with van der Waals surface area (Å²) in [6.07, 6.45) is 2.00. The fourth-order valence-electron chi connectivity index (χ4n) is 2.24. The molecule has 6 heteroatoms. The van der Waals surface area contributed by atoms with Gasteiger partial charge < -0.3 is 4.23 Å². The Balaban J connectivity index is 2.79. The average molecular weight is 310 g/mol. The number of fused-ring (bicyclic) bond motifs is 1. The molecule has 0 fully saturated rings. The van der Waals surface area contributed by atoms with Gasteiger partial charge in [0.1, 0.15) is 0 Å². The van der Waals surface area contributed by atoms with Crippen molar-refractivity contribution in [2.45, 2.75) is 43.8 Å². The molecule has 0 unspecified atom stereocenters. The van der Waals surface area contributed by atoms with E-state index < -0.39 is 18.3 Å². The summed E-state index contributed by atoms with van der Waals surface area (Å²) >= 11 is 0. The first kappa shape index (κ1) is 15.3. The predicted octanol–water partition coefficient (Wildman–Crippen LogP) is 3.14. The second-order valence-electron chi connectivity index (χ2n) is 6.73. The van der Waals surface area contributed by atoms with Crippen molar-refractivity contribution >= 4 is 29.2 Å². The second kappa shape index (κ2) is 4.44. The smallest absolute Gasteiger partial charge is 0.238 e. The Kier molecular flexibility index (Phi) is 3.39. The highest BCUT2D eigenvalue weighted by atomic mass is 32.2. The third kappa shape index (κ3) is 2.32. The third-order valence-corrected chi connectivity index (χ3v) is 10.7. The summed E-state index contributed by atoms with van der Waals surface area (Å²) in [5, 5.41) is 6.17. The monoisotopic (exact) mass is 310 g/mol. The topological polar surface area (TPSA) is 65.1 Å². The number of hydrogen-bond acceptors (Lipinski definition) is 2. The lowest BCUT2D eigenvalue weighted by Crippen LogP contribution is -2.44. The maximum absolute atomic E-state index is 11.7. The molecule has 0 aliphatic heterocycles. The predicted molar refractivity (Wildman–Crippen MR) is 85.9 cm³/mol. The molecule has 0 saturated heterocycles. The van der Waals surface area contributed by atoms with Gasteiger partial charge in [0.2, 0.25) is 10.0 Å². The number of rotatable bonds is 2. The maximum Gasteiger partial charge on any atom is 0.238 e. The van der Waals surface area contributed by atoms with Gasteiger partial charge in [-0.3, -0.25) is 0 Å². The number of nitrogens with zero attached hydrogens (tertiary/aromatic N) is 1. The molecular formula is C14H22N2O2SSi. The molecule has 1 heterocycles. The first-order valence-corrected chi connectivity index (χ1v) is 11.1. The van der Waals surface area contributed by atoms with Crippen LogP contribution in [0.4, 0.5) is 0 Å². The Bertz CT molecular complexity index is 755. The zero-order chi connectivity index (χ0) is 15.3. The van der Waals surface area contributed by atoms with Crippen molar-refractivity contribution < 1.29 is 8.42 Å². The lowest BCUT2D eigenvalue weighted by atomic mass is 10.2. The SMILES string of the molecule is CC(C)(C)[Si](C)(C)n1ccc2c(S(N)(=O)=O)cccc21. The van der Waals surface area contributed by atoms with Gasteiger partial charge in [-0.2, -0.15) is 0 Å². The molecular weight excluding hydrogens is 288 g/mol. The third-order valence-electron chi connectivity index (χ3n) is 4.44. The van der Waals surface area contributed by atoms with E-state index in [4.69, 9.17) is 5.14 Å². The van der Waals surface area contributed by atoms with E-state index in [9.17, 15) is 8.42 Å². The molecule has 110 valence electrons. The van der Waals surface area contributed by atoms with Gasteiger partial charge in [0.25, 0.3) is 0 Å². The molecule has 1 aromatic carbocycles. The number of hydrogen-bond donors (Lipinski definition) is 1. The molecule has 4 nitrogen and oxygen atoms in total. The van der Waals surface area contributed by atoms with Gasteiger partial charge in [0.15, 0.2) is 8.24 Å².